The molecule has 0 bridgehead atoms. The standard InChI is InChI=1S/C10H9N.C2H8N2.2ClH/c11-10-7-3-5-8-4-1-2-6-9(8)10;3-1-2-4;;/h1-7H,11H2;1-4H2;2*1H. The quantitative estimate of drug-likeness (QED) is 0.698. The molecule has 0 atom stereocenters. The highest BCUT2D eigenvalue weighted by molar-refractivity contribution is 5.92. The molecule has 0 aliphatic heterocycles. The molecule has 96 valence electrons. The van der Waals surface area contributed by atoms with Gasteiger partial charge in [-0.1, -0.05) is 36.4 Å². The highest BCUT2D eigenvalue weighted by Gasteiger charge is 1.92. The number of rotatable bonds is 1. The summed E-state index contributed by atoms with van der Waals surface area (Å²) in [4.78, 5) is 0. The van der Waals surface area contributed by atoms with E-state index in [0.717, 1.165) is 11.1 Å². The van der Waals surface area contributed by atoms with E-state index in [1.54, 1.807) is 0 Å². The van der Waals surface area contributed by atoms with Crippen molar-refractivity contribution in [2.75, 3.05) is 18.8 Å². The van der Waals surface area contributed by atoms with Gasteiger partial charge in [0.05, 0.1) is 0 Å². The second-order valence-corrected chi connectivity index (χ2v) is 3.15. The fourth-order valence-electron chi connectivity index (χ4n) is 1.25. The van der Waals surface area contributed by atoms with Crippen molar-refractivity contribution in [3.8, 4) is 0 Å². The molecular weight excluding hydrogens is 257 g/mol. The van der Waals surface area contributed by atoms with Gasteiger partial charge in [-0.15, -0.1) is 24.8 Å². The molecule has 0 spiro atoms. The number of nitrogens with two attached hydrogens (primary N) is 3. The lowest BCUT2D eigenvalue weighted by atomic mass is 10.1. The van der Waals surface area contributed by atoms with Gasteiger partial charge >= 0.3 is 0 Å². The minimum absolute atomic E-state index is 0. The molecule has 2 aromatic carbocycles. The Bertz CT molecular complexity index is 414. The van der Waals surface area contributed by atoms with Gasteiger partial charge in [0, 0.05) is 24.2 Å². The van der Waals surface area contributed by atoms with Crippen LogP contribution in [0.15, 0.2) is 42.5 Å². The van der Waals surface area contributed by atoms with E-state index >= 15 is 0 Å². The zero-order valence-electron chi connectivity index (χ0n) is 9.50. The molecule has 0 aliphatic rings. The third kappa shape index (κ3) is 5.75. The summed E-state index contributed by atoms with van der Waals surface area (Å²) in [5.41, 5.74) is 16.4. The molecule has 0 fully saturated rings. The smallest absolute Gasteiger partial charge is 0.0393 e. The zero-order chi connectivity index (χ0) is 11.1. The molecule has 0 aliphatic carbocycles. The first kappa shape index (κ1) is 18.4. The third-order valence-electron chi connectivity index (χ3n) is 1.99. The van der Waals surface area contributed by atoms with Gasteiger partial charge in [0.15, 0.2) is 0 Å². The summed E-state index contributed by atoms with van der Waals surface area (Å²) < 4.78 is 0. The van der Waals surface area contributed by atoms with Crippen LogP contribution >= 0.6 is 24.8 Å². The minimum atomic E-state index is 0. The maximum atomic E-state index is 5.76. The van der Waals surface area contributed by atoms with Crippen molar-refractivity contribution in [2.24, 2.45) is 11.5 Å². The van der Waals surface area contributed by atoms with E-state index in [9.17, 15) is 0 Å². The Labute approximate surface area is 114 Å². The van der Waals surface area contributed by atoms with Crippen LogP contribution in [0.5, 0.6) is 0 Å². The van der Waals surface area contributed by atoms with Crippen LogP contribution in [0, 0.1) is 0 Å². The summed E-state index contributed by atoms with van der Waals surface area (Å²) in [6.45, 7) is 1.19. The molecule has 3 nitrogen and oxygen atoms in total. The molecule has 0 aromatic heterocycles. The second-order valence-electron chi connectivity index (χ2n) is 3.15. The number of benzene rings is 2. The van der Waals surface area contributed by atoms with Crippen LogP contribution in [-0.2, 0) is 0 Å². The lowest BCUT2D eigenvalue weighted by Gasteiger charge is -1.98. The molecule has 0 saturated heterocycles. The number of hydrogen-bond donors (Lipinski definition) is 3. The fourth-order valence-corrected chi connectivity index (χ4v) is 1.25. The topological polar surface area (TPSA) is 78.1 Å². The van der Waals surface area contributed by atoms with Crippen molar-refractivity contribution >= 4 is 41.3 Å². The fraction of sp³-hybridized carbons (Fsp3) is 0.167. The van der Waals surface area contributed by atoms with Crippen molar-refractivity contribution in [1.29, 1.82) is 0 Å². The first-order chi connectivity index (χ1) is 7.29. The van der Waals surface area contributed by atoms with E-state index in [-0.39, 0.29) is 24.8 Å². The summed E-state index contributed by atoms with van der Waals surface area (Å²) in [5, 5.41) is 2.34. The maximum absolute atomic E-state index is 5.76. The van der Waals surface area contributed by atoms with Crippen molar-refractivity contribution in [1.82, 2.24) is 0 Å². The van der Waals surface area contributed by atoms with E-state index in [0.29, 0.717) is 13.1 Å². The van der Waals surface area contributed by atoms with Crippen LogP contribution in [0.2, 0.25) is 0 Å². The molecule has 0 radical (unpaired) electrons. The average Bonchev–Trinajstić information content (AvgIpc) is 2.30. The van der Waals surface area contributed by atoms with E-state index < -0.39 is 0 Å². The van der Waals surface area contributed by atoms with Crippen LogP contribution in [0.3, 0.4) is 0 Å². The maximum Gasteiger partial charge on any atom is 0.0393 e. The first-order valence-corrected chi connectivity index (χ1v) is 4.93. The van der Waals surface area contributed by atoms with Crippen molar-refractivity contribution < 1.29 is 0 Å². The van der Waals surface area contributed by atoms with E-state index in [1.807, 2.05) is 30.3 Å². The normalized spacial score (nSPS) is 8.35. The summed E-state index contributed by atoms with van der Waals surface area (Å²) in [6.07, 6.45) is 0. The van der Waals surface area contributed by atoms with Crippen molar-refractivity contribution in [3.63, 3.8) is 0 Å². The second kappa shape index (κ2) is 10.2. The van der Waals surface area contributed by atoms with Crippen LogP contribution in [0.1, 0.15) is 0 Å². The Balaban J connectivity index is 0. The third-order valence-corrected chi connectivity index (χ3v) is 1.99. The monoisotopic (exact) mass is 275 g/mol. The molecule has 0 unspecified atom stereocenters. The highest BCUT2D eigenvalue weighted by Crippen LogP contribution is 2.19. The Morgan fingerprint density at radius 1 is 0.765 bits per heavy atom. The zero-order valence-corrected chi connectivity index (χ0v) is 11.1. The largest absolute Gasteiger partial charge is 0.398 e. The predicted octanol–water partition coefficient (Wildman–Crippen LogP) is 2.17. The van der Waals surface area contributed by atoms with Gasteiger partial charge in [0.2, 0.25) is 0 Å². The van der Waals surface area contributed by atoms with Crippen molar-refractivity contribution in [2.45, 2.75) is 0 Å². The average molecular weight is 276 g/mol. The number of halogens is 2. The predicted molar refractivity (Wildman–Crippen MR) is 81.0 cm³/mol. The lowest BCUT2D eigenvalue weighted by Crippen LogP contribution is -2.11. The molecule has 6 N–H and O–H groups in total. The Morgan fingerprint density at radius 3 is 1.82 bits per heavy atom. The molecule has 0 amide bonds. The molecule has 2 aromatic rings. The van der Waals surface area contributed by atoms with E-state index in [2.05, 4.69) is 12.1 Å². The first-order valence-electron chi connectivity index (χ1n) is 4.93. The summed E-state index contributed by atoms with van der Waals surface area (Å²) >= 11 is 0. The number of nitrogen functional groups attached to an aromatic ring is 1. The van der Waals surface area contributed by atoms with Gasteiger partial charge in [-0.25, -0.2) is 0 Å². The van der Waals surface area contributed by atoms with Crippen molar-refractivity contribution in [3.05, 3.63) is 42.5 Å². The van der Waals surface area contributed by atoms with E-state index in [1.165, 1.54) is 5.39 Å². The number of hydrogen-bond acceptors (Lipinski definition) is 3. The van der Waals surface area contributed by atoms with Crippen LogP contribution < -0.4 is 17.2 Å². The molecular formula is C12H19Cl2N3. The van der Waals surface area contributed by atoms with Crippen LogP contribution in [-0.4, -0.2) is 13.1 Å². The Kier molecular flexibility index (Phi) is 11.0. The summed E-state index contributed by atoms with van der Waals surface area (Å²) in [5.74, 6) is 0. The van der Waals surface area contributed by atoms with Crippen LogP contribution in [0.25, 0.3) is 10.8 Å². The molecule has 5 heteroatoms. The number of fused-ring (bicyclic) bond motifs is 1. The van der Waals surface area contributed by atoms with Gasteiger partial charge in [0.1, 0.15) is 0 Å². The lowest BCUT2D eigenvalue weighted by molar-refractivity contribution is 0.976. The van der Waals surface area contributed by atoms with Gasteiger partial charge in [-0.05, 0) is 11.5 Å². The number of anilines is 1. The Morgan fingerprint density at radius 2 is 1.29 bits per heavy atom. The van der Waals surface area contributed by atoms with Gasteiger partial charge in [-0.2, -0.15) is 0 Å². The molecule has 0 saturated carbocycles. The van der Waals surface area contributed by atoms with Crippen LogP contribution in [0.4, 0.5) is 5.69 Å². The minimum Gasteiger partial charge on any atom is -0.398 e. The molecule has 2 rings (SSSR count). The van der Waals surface area contributed by atoms with Gasteiger partial charge in [0.25, 0.3) is 0 Å². The van der Waals surface area contributed by atoms with Gasteiger partial charge < -0.3 is 17.2 Å². The molecule has 17 heavy (non-hydrogen) atoms. The summed E-state index contributed by atoms with van der Waals surface area (Å²) in [7, 11) is 0. The van der Waals surface area contributed by atoms with Gasteiger partial charge in [-0.3, -0.25) is 0 Å². The SMILES string of the molecule is Cl.Cl.NCCN.Nc1cccc2ccccc12. The highest BCUT2D eigenvalue weighted by atomic mass is 35.5. The van der Waals surface area contributed by atoms with E-state index in [4.69, 9.17) is 17.2 Å². The molecule has 0 heterocycles. The Hall–Kier alpha value is -1.00. The summed E-state index contributed by atoms with van der Waals surface area (Å²) in [6, 6.07) is 14.1.